The van der Waals surface area contributed by atoms with Crippen LogP contribution < -0.4 is 16.2 Å². The molecule has 2 aromatic rings. The maximum Gasteiger partial charge on any atom is 0.271 e. The van der Waals surface area contributed by atoms with Crippen LogP contribution in [0.15, 0.2) is 42.5 Å². The van der Waals surface area contributed by atoms with Crippen molar-refractivity contribution < 1.29 is 4.79 Å². The smallest absolute Gasteiger partial charge is 0.271 e. The highest BCUT2D eigenvalue weighted by atomic mass is 35.5. The minimum Gasteiger partial charge on any atom is -0.374 e. The molecule has 0 heterocycles. The maximum atomic E-state index is 12.4. The molecular formula is C16H16ClN3OS. The summed E-state index contributed by atoms with van der Waals surface area (Å²) < 4.78 is 0. The van der Waals surface area contributed by atoms with Gasteiger partial charge < -0.3 is 5.73 Å². The van der Waals surface area contributed by atoms with Crippen molar-refractivity contribution in [2.45, 2.75) is 13.8 Å². The van der Waals surface area contributed by atoms with Crippen LogP contribution in [0.5, 0.6) is 0 Å². The Morgan fingerprint density at radius 2 is 1.91 bits per heavy atom. The lowest BCUT2D eigenvalue weighted by Crippen LogP contribution is -2.49. The minimum absolute atomic E-state index is 0.0501. The number of hydrazine groups is 1. The third-order valence-corrected chi connectivity index (χ3v) is 3.67. The number of nitrogens with two attached hydrogens (primary N) is 1. The van der Waals surface area contributed by atoms with Gasteiger partial charge in [0.1, 0.15) is 0 Å². The van der Waals surface area contributed by atoms with Crippen molar-refractivity contribution in [3.05, 3.63) is 64.2 Å². The van der Waals surface area contributed by atoms with Gasteiger partial charge in [-0.2, -0.15) is 0 Å². The highest BCUT2D eigenvalue weighted by molar-refractivity contribution is 7.80. The molecule has 2 aromatic carbocycles. The Morgan fingerprint density at radius 1 is 1.23 bits per heavy atom. The van der Waals surface area contributed by atoms with Crippen LogP contribution in [0.2, 0.25) is 5.02 Å². The summed E-state index contributed by atoms with van der Waals surface area (Å²) in [5.41, 5.74) is 11.5. The molecule has 0 bridgehead atoms. The van der Waals surface area contributed by atoms with Gasteiger partial charge in [0.15, 0.2) is 5.11 Å². The molecule has 0 aliphatic carbocycles. The normalized spacial score (nSPS) is 10.1. The van der Waals surface area contributed by atoms with Crippen LogP contribution in [0, 0.1) is 13.8 Å². The van der Waals surface area contributed by atoms with E-state index in [1.807, 2.05) is 32.0 Å². The Morgan fingerprint density at radius 3 is 2.55 bits per heavy atom. The maximum absolute atomic E-state index is 12.4. The summed E-state index contributed by atoms with van der Waals surface area (Å²) in [5.74, 6) is -0.376. The number of carbonyl (C=O) groups is 1. The molecule has 0 aliphatic rings. The molecule has 0 unspecified atom stereocenters. The largest absolute Gasteiger partial charge is 0.374 e. The molecule has 0 spiro atoms. The van der Waals surface area contributed by atoms with Crippen LogP contribution in [0.25, 0.3) is 0 Å². The summed E-state index contributed by atoms with van der Waals surface area (Å²) in [5, 5.41) is 1.81. The molecule has 114 valence electrons. The van der Waals surface area contributed by atoms with Crippen molar-refractivity contribution in [3.63, 3.8) is 0 Å². The van der Waals surface area contributed by atoms with E-state index in [1.165, 1.54) is 5.01 Å². The van der Waals surface area contributed by atoms with Gasteiger partial charge in [-0.15, -0.1) is 0 Å². The minimum atomic E-state index is -0.376. The van der Waals surface area contributed by atoms with Gasteiger partial charge >= 0.3 is 0 Å². The van der Waals surface area contributed by atoms with Crippen LogP contribution in [-0.2, 0) is 0 Å². The van der Waals surface area contributed by atoms with E-state index in [0.717, 1.165) is 16.8 Å². The number of benzene rings is 2. The molecule has 0 saturated heterocycles. The van der Waals surface area contributed by atoms with E-state index in [1.54, 1.807) is 24.3 Å². The SMILES string of the molecule is Cc1ccc(C)c(N(NC(=O)c2ccccc2Cl)C(N)=S)c1. The number of nitrogens with zero attached hydrogens (tertiary/aromatic N) is 1. The van der Waals surface area contributed by atoms with Gasteiger partial charge in [0.05, 0.1) is 16.3 Å². The van der Waals surface area contributed by atoms with Crippen LogP contribution in [0.3, 0.4) is 0 Å². The van der Waals surface area contributed by atoms with E-state index in [-0.39, 0.29) is 11.0 Å². The first-order valence-electron chi connectivity index (χ1n) is 6.62. The zero-order valence-electron chi connectivity index (χ0n) is 12.3. The fraction of sp³-hybridized carbons (Fsp3) is 0.125. The molecule has 0 aliphatic heterocycles. The number of thiocarbonyl (C=S) groups is 1. The summed E-state index contributed by atoms with van der Waals surface area (Å²) in [6.45, 7) is 3.87. The van der Waals surface area contributed by atoms with Crippen LogP contribution in [-0.4, -0.2) is 11.0 Å². The molecule has 3 N–H and O–H groups in total. The standard InChI is InChI=1S/C16H16ClN3OS/c1-10-7-8-11(2)14(9-10)20(16(18)22)19-15(21)12-5-3-4-6-13(12)17/h3-9H,1-2H3,(H2,18,22)(H,19,21). The van der Waals surface area contributed by atoms with Gasteiger partial charge in [-0.05, 0) is 55.4 Å². The number of nitrogens with one attached hydrogen (secondary N) is 1. The molecule has 0 aromatic heterocycles. The number of amides is 1. The number of aryl methyl sites for hydroxylation is 2. The first-order valence-corrected chi connectivity index (χ1v) is 7.41. The molecule has 22 heavy (non-hydrogen) atoms. The van der Waals surface area contributed by atoms with Crippen molar-refractivity contribution >= 4 is 40.5 Å². The quantitative estimate of drug-likeness (QED) is 0.653. The van der Waals surface area contributed by atoms with Crippen molar-refractivity contribution in [2.75, 3.05) is 5.01 Å². The lowest BCUT2D eigenvalue weighted by Gasteiger charge is -2.25. The average Bonchev–Trinajstić information content (AvgIpc) is 2.47. The van der Waals surface area contributed by atoms with Crippen molar-refractivity contribution in [2.24, 2.45) is 5.73 Å². The molecule has 6 heteroatoms. The number of anilines is 1. The Labute approximate surface area is 139 Å². The van der Waals surface area contributed by atoms with Gasteiger partial charge in [0, 0.05) is 0 Å². The van der Waals surface area contributed by atoms with Crippen LogP contribution in [0.4, 0.5) is 5.69 Å². The van der Waals surface area contributed by atoms with Gasteiger partial charge in [-0.25, -0.2) is 5.01 Å². The lowest BCUT2D eigenvalue weighted by molar-refractivity contribution is 0.0955. The monoisotopic (exact) mass is 333 g/mol. The van der Waals surface area contributed by atoms with Crippen molar-refractivity contribution in [1.29, 1.82) is 0 Å². The van der Waals surface area contributed by atoms with E-state index in [4.69, 9.17) is 29.6 Å². The van der Waals surface area contributed by atoms with Gasteiger partial charge in [-0.1, -0.05) is 35.9 Å². The number of carbonyl (C=O) groups excluding carboxylic acids is 1. The molecule has 1 amide bonds. The third kappa shape index (κ3) is 3.55. The second kappa shape index (κ2) is 6.77. The van der Waals surface area contributed by atoms with Gasteiger partial charge in [0.2, 0.25) is 0 Å². The predicted octanol–water partition coefficient (Wildman–Crippen LogP) is 3.35. The molecule has 0 radical (unpaired) electrons. The summed E-state index contributed by atoms with van der Waals surface area (Å²) in [6.07, 6.45) is 0. The second-order valence-corrected chi connectivity index (χ2v) is 5.71. The second-order valence-electron chi connectivity index (χ2n) is 4.88. The zero-order chi connectivity index (χ0) is 16.3. The van der Waals surface area contributed by atoms with Crippen molar-refractivity contribution in [3.8, 4) is 0 Å². The van der Waals surface area contributed by atoms with Crippen LogP contribution >= 0.6 is 23.8 Å². The van der Waals surface area contributed by atoms with Crippen LogP contribution in [0.1, 0.15) is 21.5 Å². The number of rotatable bonds is 2. The molecule has 0 saturated carbocycles. The Kier molecular flexibility index (Phi) is 5.00. The average molecular weight is 334 g/mol. The fourth-order valence-corrected chi connectivity index (χ4v) is 2.37. The summed E-state index contributed by atoms with van der Waals surface area (Å²) >= 11 is 11.1. The molecule has 0 fully saturated rings. The zero-order valence-corrected chi connectivity index (χ0v) is 13.8. The first kappa shape index (κ1) is 16.3. The lowest BCUT2D eigenvalue weighted by atomic mass is 10.1. The topological polar surface area (TPSA) is 58.4 Å². The highest BCUT2D eigenvalue weighted by Crippen LogP contribution is 2.21. The van der Waals surface area contributed by atoms with E-state index in [2.05, 4.69) is 5.43 Å². The van der Waals surface area contributed by atoms with E-state index >= 15 is 0 Å². The van der Waals surface area contributed by atoms with E-state index in [9.17, 15) is 4.79 Å². The Hall–Kier alpha value is -2.11. The van der Waals surface area contributed by atoms with Gasteiger partial charge in [-0.3, -0.25) is 10.2 Å². The summed E-state index contributed by atoms with van der Waals surface area (Å²) in [4.78, 5) is 12.4. The number of hydrogen-bond donors (Lipinski definition) is 2. The van der Waals surface area contributed by atoms with Crippen molar-refractivity contribution in [1.82, 2.24) is 5.43 Å². The number of hydrogen-bond acceptors (Lipinski definition) is 2. The molecule has 0 atom stereocenters. The molecule has 4 nitrogen and oxygen atoms in total. The van der Waals surface area contributed by atoms with E-state index in [0.29, 0.717) is 10.6 Å². The Bertz CT molecular complexity index is 733. The Balaban J connectivity index is 2.34. The highest BCUT2D eigenvalue weighted by Gasteiger charge is 2.18. The fourth-order valence-electron chi connectivity index (χ4n) is 2.00. The molecule has 2 rings (SSSR count). The van der Waals surface area contributed by atoms with Gasteiger partial charge in [0.25, 0.3) is 5.91 Å². The summed E-state index contributed by atoms with van der Waals surface area (Å²) in [6, 6.07) is 12.6. The first-order chi connectivity index (χ1) is 10.4. The number of halogens is 1. The molecular weight excluding hydrogens is 318 g/mol. The van der Waals surface area contributed by atoms with E-state index < -0.39 is 0 Å². The predicted molar refractivity (Wildman–Crippen MR) is 94.1 cm³/mol. The third-order valence-electron chi connectivity index (χ3n) is 3.16. The summed E-state index contributed by atoms with van der Waals surface area (Å²) in [7, 11) is 0.